The largest absolute Gasteiger partial charge is 0.456 e. The third-order valence-corrected chi connectivity index (χ3v) is 9.64. The number of anilines is 3. The van der Waals surface area contributed by atoms with Crippen molar-refractivity contribution in [1.29, 1.82) is 0 Å². The summed E-state index contributed by atoms with van der Waals surface area (Å²) in [6.45, 7) is 4.68. The van der Waals surface area contributed by atoms with E-state index in [-0.39, 0.29) is 5.41 Å². The van der Waals surface area contributed by atoms with Crippen molar-refractivity contribution < 1.29 is 4.42 Å². The molecule has 0 N–H and O–H groups in total. The highest BCUT2D eigenvalue weighted by Crippen LogP contribution is 2.54. The Morgan fingerprint density at radius 2 is 1.16 bits per heavy atom. The summed E-state index contributed by atoms with van der Waals surface area (Å²) in [5.41, 5.74) is 12.8. The van der Waals surface area contributed by atoms with Gasteiger partial charge in [0.05, 0.1) is 0 Å². The molecule has 0 radical (unpaired) electrons. The van der Waals surface area contributed by atoms with Gasteiger partial charge in [0.15, 0.2) is 0 Å². The van der Waals surface area contributed by atoms with Crippen molar-refractivity contribution in [3.63, 3.8) is 0 Å². The molecule has 0 amide bonds. The van der Waals surface area contributed by atoms with Gasteiger partial charge in [-0.1, -0.05) is 111 Å². The second-order valence-corrected chi connectivity index (χ2v) is 12.6. The van der Waals surface area contributed by atoms with Crippen LogP contribution in [0.1, 0.15) is 25.0 Å². The molecule has 9 rings (SSSR count). The maximum absolute atomic E-state index is 6.34. The smallest absolute Gasteiger partial charge is 0.136 e. The van der Waals surface area contributed by atoms with Crippen LogP contribution in [-0.4, -0.2) is 0 Å². The normalized spacial score (nSPS) is 13.3. The fourth-order valence-electron chi connectivity index (χ4n) is 7.38. The SMILES string of the molecule is CC1(C)c2ccc(N(c3ccccc3)c3ccc(-c4ccc5ccccc5c4)cc3)cc2-c2c1ccc1oc3ccccc3c21. The van der Waals surface area contributed by atoms with Crippen LogP contribution in [0.4, 0.5) is 17.1 Å². The average Bonchev–Trinajstić information content (AvgIpc) is 3.57. The van der Waals surface area contributed by atoms with Crippen LogP contribution >= 0.6 is 0 Å². The van der Waals surface area contributed by atoms with Gasteiger partial charge in [-0.2, -0.15) is 0 Å². The molecule has 0 aliphatic heterocycles. The quantitative estimate of drug-likeness (QED) is 0.207. The van der Waals surface area contributed by atoms with Gasteiger partial charge in [0.2, 0.25) is 0 Å². The van der Waals surface area contributed by atoms with Gasteiger partial charge in [-0.05, 0) is 98.8 Å². The molecule has 0 saturated heterocycles. The third-order valence-electron chi connectivity index (χ3n) is 9.64. The number of hydrogen-bond donors (Lipinski definition) is 0. The lowest BCUT2D eigenvalue weighted by Gasteiger charge is -2.27. The molecule has 0 unspecified atom stereocenters. The lowest BCUT2D eigenvalue weighted by atomic mass is 9.82. The van der Waals surface area contributed by atoms with Crippen LogP contribution in [0.2, 0.25) is 0 Å². The first-order valence-corrected chi connectivity index (χ1v) is 15.6. The second-order valence-electron chi connectivity index (χ2n) is 12.6. The van der Waals surface area contributed by atoms with Crippen molar-refractivity contribution in [2.45, 2.75) is 19.3 Å². The summed E-state index contributed by atoms with van der Waals surface area (Å²) < 4.78 is 6.34. The topological polar surface area (TPSA) is 16.4 Å². The molecular formula is C43H31NO. The standard InChI is InChI=1S/C43H31NO/c1-43(2)37-23-22-34(27-36(37)41-38(43)24-25-40-42(41)35-14-8-9-15-39(35)45-40)44(32-12-4-3-5-13-32)33-20-18-29(19-21-33)31-17-16-28-10-6-7-11-30(28)26-31/h3-27H,1-2H3. The van der Waals surface area contributed by atoms with Gasteiger partial charge in [0, 0.05) is 33.2 Å². The molecule has 1 aliphatic rings. The van der Waals surface area contributed by atoms with Crippen molar-refractivity contribution in [3.8, 4) is 22.3 Å². The highest BCUT2D eigenvalue weighted by atomic mass is 16.3. The Morgan fingerprint density at radius 1 is 0.489 bits per heavy atom. The van der Waals surface area contributed by atoms with E-state index >= 15 is 0 Å². The van der Waals surface area contributed by atoms with E-state index in [2.05, 4.69) is 164 Å². The van der Waals surface area contributed by atoms with E-state index in [1.807, 2.05) is 6.07 Å². The minimum atomic E-state index is -0.116. The van der Waals surface area contributed by atoms with Gasteiger partial charge in [-0.25, -0.2) is 0 Å². The average molecular weight is 578 g/mol. The predicted molar refractivity (Wildman–Crippen MR) is 189 cm³/mol. The van der Waals surface area contributed by atoms with Crippen LogP contribution < -0.4 is 4.90 Å². The Labute approximate surface area is 262 Å². The van der Waals surface area contributed by atoms with Crippen molar-refractivity contribution in [1.82, 2.24) is 0 Å². The van der Waals surface area contributed by atoms with Crippen LogP contribution in [0.3, 0.4) is 0 Å². The third kappa shape index (κ3) is 3.96. The van der Waals surface area contributed by atoms with Gasteiger partial charge >= 0.3 is 0 Å². The molecule has 1 aromatic heterocycles. The van der Waals surface area contributed by atoms with E-state index in [1.165, 1.54) is 54.9 Å². The lowest BCUT2D eigenvalue weighted by molar-refractivity contribution is 0.656. The monoisotopic (exact) mass is 577 g/mol. The molecule has 0 fully saturated rings. The molecule has 7 aromatic carbocycles. The molecule has 0 atom stereocenters. The van der Waals surface area contributed by atoms with Crippen LogP contribution in [0.25, 0.3) is 55.0 Å². The lowest BCUT2D eigenvalue weighted by Crippen LogP contribution is -2.15. The van der Waals surface area contributed by atoms with E-state index in [4.69, 9.17) is 4.42 Å². The fraction of sp³-hybridized carbons (Fsp3) is 0.0698. The number of para-hydroxylation sites is 2. The van der Waals surface area contributed by atoms with Crippen LogP contribution in [0.15, 0.2) is 156 Å². The van der Waals surface area contributed by atoms with E-state index in [1.54, 1.807) is 0 Å². The van der Waals surface area contributed by atoms with E-state index in [9.17, 15) is 0 Å². The highest BCUT2D eigenvalue weighted by Gasteiger charge is 2.38. The Balaban J connectivity index is 1.20. The maximum Gasteiger partial charge on any atom is 0.136 e. The van der Waals surface area contributed by atoms with Crippen molar-refractivity contribution in [2.75, 3.05) is 4.90 Å². The van der Waals surface area contributed by atoms with Gasteiger partial charge < -0.3 is 9.32 Å². The Hall–Kier alpha value is -5.60. The molecule has 45 heavy (non-hydrogen) atoms. The Bertz CT molecular complexity index is 2400. The summed E-state index contributed by atoms with van der Waals surface area (Å²) in [6, 6.07) is 54.7. The van der Waals surface area contributed by atoms with Crippen molar-refractivity contribution >= 4 is 49.8 Å². The molecular weight excluding hydrogens is 546 g/mol. The molecule has 8 aromatic rings. The first kappa shape index (κ1) is 25.9. The first-order valence-electron chi connectivity index (χ1n) is 15.6. The summed E-state index contributed by atoms with van der Waals surface area (Å²) in [6.07, 6.45) is 0. The van der Waals surface area contributed by atoms with Gasteiger partial charge in [0.1, 0.15) is 11.2 Å². The van der Waals surface area contributed by atoms with Gasteiger partial charge in [-0.3, -0.25) is 0 Å². The number of hydrogen-bond acceptors (Lipinski definition) is 2. The summed E-state index contributed by atoms with van der Waals surface area (Å²) in [7, 11) is 0. The zero-order valence-corrected chi connectivity index (χ0v) is 25.3. The van der Waals surface area contributed by atoms with Crippen LogP contribution in [0, 0.1) is 0 Å². The summed E-state index contributed by atoms with van der Waals surface area (Å²) in [5.74, 6) is 0. The van der Waals surface area contributed by atoms with E-state index in [0.717, 1.165) is 28.2 Å². The number of rotatable bonds is 4. The number of nitrogens with zero attached hydrogens (tertiary/aromatic N) is 1. The van der Waals surface area contributed by atoms with E-state index < -0.39 is 0 Å². The van der Waals surface area contributed by atoms with E-state index in [0.29, 0.717) is 0 Å². The highest BCUT2D eigenvalue weighted by molar-refractivity contribution is 6.15. The number of fused-ring (bicyclic) bond motifs is 8. The van der Waals surface area contributed by atoms with Crippen LogP contribution in [-0.2, 0) is 5.41 Å². The Kier molecular flexibility index (Phi) is 5.58. The first-order chi connectivity index (χ1) is 22.1. The summed E-state index contributed by atoms with van der Waals surface area (Å²) >= 11 is 0. The minimum absolute atomic E-state index is 0.116. The van der Waals surface area contributed by atoms with Crippen molar-refractivity contribution in [2.24, 2.45) is 0 Å². The molecule has 1 aliphatic carbocycles. The second kappa shape index (κ2) is 9.70. The molecule has 2 nitrogen and oxygen atoms in total. The molecule has 0 saturated carbocycles. The zero-order chi connectivity index (χ0) is 30.1. The van der Waals surface area contributed by atoms with Gasteiger partial charge in [0.25, 0.3) is 0 Å². The molecule has 0 spiro atoms. The number of benzene rings is 7. The van der Waals surface area contributed by atoms with Crippen LogP contribution in [0.5, 0.6) is 0 Å². The Morgan fingerprint density at radius 3 is 2.00 bits per heavy atom. The van der Waals surface area contributed by atoms with Crippen molar-refractivity contribution in [3.05, 3.63) is 163 Å². The molecule has 2 heteroatoms. The predicted octanol–water partition coefficient (Wildman–Crippen LogP) is 12.2. The minimum Gasteiger partial charge on any atom is -0.456 e. The fourth-order valence-corrected chi connectivity index (χ4v) is 7.38. The molecule has 0 bridgehead atoms. The number of furan rings is 1. The zero-order valence-electron chi connectivity index (χ0n) is 25.3. The summed E-state index contributed by atoms with van der Waals surface area (Å²) in [5, 5.41) is 4.89. The molecule has 214 valence electrons. The molecule has 1 heterocycles. The summed E-state index contributed by atoms with van der Waals surface area (Å²) in [4.78, 5) is 2.36. The van der Waals surface area contributed by atoms with Gasteiger partial charge in [-0.15, -0.1) is 0 Å². The maximum atomic E-state index is 6.34.